The SMILES string of the molecule is COc1ccc(C(CNC(=O)c2ccc(-c3cccc(F)c3)nc2)N(C)C)cc1. The number of pyridine rings is 1. The summed E-state index contributed by atoms with van der Waals surface area (Å²) in [4.78, 5) is 18.9. The van der Waals surface area contributed by atoms with Gasteiger partial charge in [-0.1, -0.05) is 24.3 Å². The van der Waals surface area contributed by atoms with E-state index in [4.69, 9.17) is 4.74 Å². The van der Waals surface area contributed by atoms with Crippen LogP contribution < -0.4 is 10.1 Å². The zero-order valence-electron chi connectivity index (χ0n) is 16.7. The van der Waals surface area contributed by atoms with Crippen molar-refractivity contribution in [2.45, 2.75) is 6.04 Å². The summed E-state index contributed by atoms with van der Waals surface area (Å²) in [5.41, 5.74) is 2.82. The lowest BCUT2D eigenvalue weighted by atomic mass is 10.1. The van der Waals surface area contributed by atoms with Crippen LogP contribution in [0, 0.1) is 5.82 Å². The van der Waals surface area contributed by atoms with Gasteiger partial charge in [0.25, 0.3) is 5.91 Å². The van der Waals surface area contributed by atoms with E-state index >= 15 is 0 Å². The highest BCUT2D eigenvalue weighted by molar-refractivity contribution is 5.94. The van der Waals surface area contributed by atoms with Gasteiger partial charge in [-0.05, 0) is 56.1 Å². The van der Waals surface area contributed by atoms with E-state index in [0.717, 1.165) is 11.3 Å². The molecule has 1 amide bonds. The summed E-state index contributed by atoms with van der Waals surface area (Å²) in [6.45, 7) is 0.448. The van der Waals surface area contributed by atoms with Crippen LogP contribution in [0.25, 0.3) is 11.3 Å². The number of hydrogen-bond donors (Lipinski definition) is 1. The molecule has 6 heteroatoms. The molecule has 3 aromatic rings. The molecule has 1 atom stereocenters. The second-order valence-corrected chi connectivity index (χ2v) is 6.91. The summed E-state index contributed by atoms with van der Waals surface area (Å²) in [6.07, 6.45) is 1.51. The predicted molar refractivity (Wildman–Crippen MR) is 111 cm³/mol. The Kier molecular flexibility index (Phi) is 6.57. The van der Waals surface area contributed by atoms with Gasteiger partial charge in [0, 0.05) is 18.3 Å². The highest BCUT2D eigenvalue weighted by Gasteiger charge is 2.16. The third-order valence-electron chi connectivity index (χ3n) is 4.73. The smallest absolute Gasteiger partial charge is 0.252 e. The van der Waals surface area contributed by atoms with Crippen molar-refractivity contribution in [1.82, 2.24) is 15.2 Å². The fraction of sp³-hybridized carbons (Fsp3) is 0.217. The quantitative estimate of drug-likeness (QED) is 0.661. The molecule has 0 saturated heterocycles. The van der Waals surface area contributed by atoms with Crippen molar-refractivity contribution >= 4 is 5.91 Å². The molecule has 0 aliphatic rings. The summed E-state index contributed by atoms with van der Waals surface area (Å²) in [5.74, 6) is 0.266. The average molecular weight is 393 g/mol. The van der Waals surface area contributed by atoms with Gasteiger partial charge < -0.3 is 15.0 Å². The largest absolute Gasteiger partial charge is 0.497 e. The third kappa shape index (κ3) is 5.18. The lowest BCUT2D eigenvalue weighted by Crippen LogP contribution is -2.34. The van der Waals surface area contributed by atoms with Crippen LogP contribution in [0.2, 0.25) is 0 Å². The van der Waals surface area contributed by atoms with Crippen LogP contribution in [-0.2, 0) is 0 Å². The van der Waals surface area contributed by atoms with Gasteiger partial charge in [-0.3, -0.25) is 9.78 Å². The number of ether oxygens (including phenoxy) is 1. The van der Waals surface area contributed by atoms with E-state index in [9.17, 15) is 9.18 Å². The third-order valence-corrected chi connectivity index (χ3v) is 4.73. The highest BCUT2D eigenvalue weighted by Crippen LogP contribution is 2.21. The summed E-state index contributed by atoms with van der Waals surface area (Å²) >= 11 is 0. The van der Waals surface area contributed by atoms with E-state index in [-0.39, 0.29) is 17.8 Å². The molecule has 0 spiro atoms. The number of carbonyl (C=O) groups excluding carboxylic acids is 1. The van der Waals surface area contributed by atoms with Gasteiger partial charge in [-0.25, -0.2) is 4.39 Å². The Labute approximate surface area is 170 Å². The van der Waals surface area contributed by atoms with Crippen molar-refractivity contribution in [2.75, 3.05) is 27.7 Å². The normalized spacial score (nSPS) is 11.9. The van der Waals surface area contributed by atoms with Crippen molar-refractivity contribution in [2.24, 2.45) is 0 Å². The number of rotatable bonds is 7. The molecular formula is C23H24FN3O2. The highest BCUT2D eigenvalue weighted by atomic mass is 19.1. The number of benzene rings is 2. The Morgan fingerprint density at radius 1 is 1.14 bits per heavy atom. The maximum atomic E-state index is 13.4. The van der Waals surface area contributed by atoms with Crippen LogP contribution >= 0.6 is 0 Å². The van der Waals surface area contributed by atoms with Crippen LogP contribution in [0.5, 0.6) is 5.75 Å². The molecule has 0 aliphatic carbocycles. The minimum atomic E-state index is -0.320. The zero-order chi connectivity index (χ0) is 20.8. The molecular weight excluding hydrogens is 369 g/mol. The molecule has 0 bridgehead atoms. The van der Waals surface area contributed by atoms with Crippen LogP contribution in [0.4, 0.5) is 4.39 Å². The summed E-state index contributed by atoms with van der Waals surface area (Å²) in [7, 11) is 5.57. The lowest BCUT2D eigenvalue weighted by molar-refractivity contribution is 0.0941. The molecule has 0 fully saturated rings. The Morgan fingerprint density at radius 3 is 2.48 bits per heavy atom. The molecule has 1 unspecified atom stereocenters. The van der Waals surface area contributed by atoms with Gasteiger partial charge in [0.1, 0.15) is 11.6 Å². The molecule has 1 N–H and O–H groups in total. The molecule has 150 valence electrons. The average Bonchev–Trinajstić information content (AvgIpc) is 2.74. The van der Waals surface area contributed by atoms with Crippen molar-refractivity contribution < 1.29 is 13.9 Å². The molecule has 3 rings (SSSR count). The zero-order valence-corrected chi connectivity index (χ0v) is 16.7. The number of likely N-dealkylation sites (N-methyl/N-ethyl adjacent to an activating group) is 1. The number of aromatic nitrogens is 1. The Morgan fingerprint density at radius 2 is 1.90 bits per heavy atom. The first-order valence-electron chi connectivity index (χ1n) is 9.28. The Hall–Kier alpha value is -3.25. The molecule has 29 heavy (non-hydrogen) atoms. The number of nitrogens with one attached hydrogen (secondary N) is 1. The maximum Gasteiger partial charge on any atom is 0.252 e. The first-order valence-corrected chi connectivity index (χ1v) is 9.28. The number of carbonyl (C=O) groups is 1. The standard InChI is InChI=1S/C23H24FN3O2/c1-27(2)22(16-7-10-20(29-3)11-8-16)15-26-23(28)18-9-12-21(25-14-18)17-5-4-6-19(24)13-17/h4-14,22H,15H2,1-3H3,(H,26,28). The van der Waals surface area contributed by atoms with E-state index in [1.165, 1.54) is 18.3 Å². The van der Waals surface area contributed by atoms with Crippen molar-refractivity contribution in [3.05, 3.63) is 83.8 Å². The predicted octanol–water partition coefficient (Wildman–Crippen LogP) is 3.93. The fourth-order valence-electron chi connectivity index (χ4n) is 3.06. The van der Waals surface area contributed by atoms with E-state index in [1.54, 1.807) is 31.4 Å². The minimum Gasteiger partial charge on any atom is -0.497 e. The summed E-state index contributed by atoms with van der Waals surface area (Å²) in [6, 6.07) is 17.4. The van der Waals surface area contributed by atoms with Crippen LogP contribution in [0.3, 0.4) is 0 Å². The summed E-state index contributed by atoms with van der Waals surface area (Å²) < 4.78 is 18.6. The summed E-state index contributed by atoms with van der Waals surface area (Å²) in [5, 5.41) is 2.96. The first-order chi connectivity index (χ1) is 14.0. The van der Waals surface area contributed by atoms with Gasteiger partial charge in [-0.15, -0.1) is 0 Å². The van der Waals surface area contributed by atoms with Gasteiger partial charge in [0.05, 0.1) is 24.4 Å². The van der Waals surface area contributed by atoms with Crippen LogP contribution in [-0.4, -0.2) is 43.5 Å². The number of amides is 1. The molecule has 1 heterocycles. The Bertz CT molecular complexity index is 957. The van der Waals surface area contributed by atoms with E-state index < -0.39 is 0 Å². The van der Waals surface area contributed by atoms with E-state index in [0.29, 0.717) is 23.4 Å². The minimum absolute atomic E-state index is 0.0179. The second-order valence-electron chi connectivity index (χ2n) is 6.91. The van der Waals surface area contributed by atoms with Gasteiger partial charge in [-0.2, -0.15) is 0 Å². The number of methoxy groups -OCH3 is 1. The van der Waals surface area contributed by atoms with Crippen molar-refractivity contribution in [3.8, 4) is 17.0 Å². The monoisotopic (exact) mass is 393 g/mol. The van der Waals surface area contributed by atoms with E-state index in [2.05, 4.69) is 10.3 Å². The Balaban J connectivity index is 1.66. The molecule has 0 saturated carbocycles. The molecule has 1 aromatic heterocycles. The molecule has 0 aliphatic heterocycles. The molecule has 5 nitrogen and oxygen atoms in total. The van der Waals surface area contributed by atoms with E-state index in [1.807, 2.05) is 43.3 Å². The first kappa shape index (κ1) is 20.5. The number of nitrogens with zero attached hydrogens (tertiary/aromatic N) is 2. The second kappa shape index (κ2) is 9.30. The van der Waals surface area contributed by atoms with Crippen LogP contribution in [0.1, 0.15) is 22.0 Å². The number of hydrogen-bond acceptors (Lipinski definition) is 4. The number of halogens is 1. The molecule has 0 radical (unpaired) electrons. The lowest BCUT2D eigenvalue weighted by Gasteiger charge is -2.25. The van der Waals surface area contributed by atoms with Gasteiger partial charge in [0.15, 0.2) is 0 Å². The van der Waals surface area contributed by atoms with Crippen molar-refractivity contribution in [3.63, 3.8) is 0 Å². The molecule has 2 aromatic carbocycles. The maximum absolute atomic E-state index is 13.4. The topological polar surface area (TPSA) is 54.5 Å². The van der Waals surface area contributed by atoms with Crippen LogP contribution in [0.15, 0.2) is 66.9 Å². The fourth-order valence-corrected chi connectivity index (χ4v) is 3.06. The van der Waals surface area contributed by atoms with Crippen molar-refractivity contribution in [1.29, 1.82) is 0 Å². The van der Waals surface area contributed by atoms with Gasteiger partial charge in [0.2, 0.25) is 0 Å². The van der Waals surface area contributed by atoms with Gasteiger partial charge >= 0.3 is 0 Å².